The van der Waals surface area contributed by atoms with Crippen LogP contribution in [0, 0.1) is 0 Å². The van der Waals surface area contributed by atoms with E-state index in [2.05, 4.69) is 17.1 Å². The maximum absolute atomic E-state index is 13.1. The van der Waals surface area contributed by atoms with E-state index < -0.39 is 17.2 Å². The maximum atomic E-state index is 13.1. The molecule has 1 heterocycles. The molecule has 4 aromatic rings. The van der Waals surface area contributed by atoms with Crippen molar-refractivity contribution in [2.75, 3.05) is 7.11 Å². The third-order valence-electron chi connectivity index (χ3n) is 6.11. The van der Waals surface area contributed by atoms with Crippen molar-refractivity contribution in [3.05, 3.63) is 139 Å². The summed E-state index contributed by atoms with van der Waals surface area (Å²) in [6.45, 7) is 0.196. The van der Waals surface area contributed by atoms with Crippen molar-refractivity contribution in [3.63, 3.8) is 0 Å². The highest BCUT2D eigenvalue weighted by Crippen LogP contribution is 2.37. The van der Waals surface area contributed by atoms with Crippen molar-refractivity contribution in [1.82, 2.24) is 9.55 Å². The van der Waals surface area contributed by atoms with E-state index in [-0.39, 0.29) is 12.5 Å². The lowest BCUT2D eigenvalue weighted by Gasteiger charge is -2.21. The molecular weight excluding hydrogens is 428 g/mol. The Morgan fingerprint density at radius 2 is 1.53 bits per heavy atom. The first-order valence-corrected chi connectivity index (χ1v) is 10.9. The minimum absolute atomic E-state index is 0.196. The summed E-state index contributed by atoms with van der Waals surface area (Å²) >= 11 is 0. The number of fused-ring (bicyclic) bond motifs is 2. The molecule has 1 aliphatic rings. The van der Waals surface area contributed by atoms with Gasteiger partial charge in [0.1, 0.15) is 0 Å². The number of carbonyl (C=O) groups is 1. The van der Waals surface area contributed by atoms with Crippen LogP contribution in [-0.2, 0) is 11.3 Å². The number of aromatic amines is 1. The number of hydrogen-bond donors (Lipinski definition) is 1. The first-order chi connectivity index (χ1) is 16.5. The second kappa shape index (κ2) is 8.83. The molecule has 0 spiro atoms. The van der Waals surface area contributed by atoms with Crippen LogP contribution >= 0.6 is 0 Å². The summed E-state index contributed by atoms with van der Waals surface area (Å²) in [5, 5.41) is 0. The molecule has 168 valence electrons. The minimum Gasteiger partial charge on any atom is -0.465 e. The van der Waals surface area contributed by atoms with Gasteiger partial charge in [0, 0.05) is 17.7 Å². The first kappa shape index (κ1) is 21.4. The van der Waals surface area contributed by atoms with E-state index in [4.69, 9.17) is 4.74 Å². The summed E-state index contributed by atoms with van der Waals surface area (Å²) in [7, 11) is 1.32. The Hall–Kier alpha value is -4.45. The molecule has 34 heavy (non-hydrogen) atoms. The van der Waals surface area contributed by atoms with Crippen LogP contribution < -0.4 is 11.2 Å². The SMILES string of the molecule is COC(=O)c1cccc(Cn2cc(C3c4ccccc4C=Cc4ccccc43)c(=O)[nH]c2=O)c1. The number of nitrogens with one attached hydrogen (secondary N) is 1. The molecule has 0 aliphatic heterocycles. The molecule has 0 amide bonds. The Bertz CT molecular complexity index is 1500. The van der Waals surface area contributed by atoms with Crippen molar-refractivity contribution in [1.29, 1.82) is 0 Å². The number of benzene rings is 3. The Balaban J connectivity index is 1.65. The number of methoxy groups -OCH3 is 1. The average Bonchev–Trinajstić information content (AvgIpc) is 3.02. The van der Waals surface area contributed by atoms with Gasteiger partial charge in [-0.25, -0.2) is 9.59 Å². The number of rotatable bonds is 4. The maximum Gasteiger partial charge on any atom is 0.337 e. The van der Waals surface area contributed by atoms with E-state index in [0.717, 1.165) is 27.8 Å². The van der Waals surface area contributed by atoms with Gasteiger partial charge >= 0.3 is 11.7 Å². The highest BCUT2D eigenvalue weighted by Gasteiger charge is 2.26. The lowest BCUT2D eigenvalue weighted by molar-refractivity contribution is 0.0600. The molecule has 6 nitrogen and oxygen atoms in total. The number of ether oxygens (including phenoxy) is 1. The van der Waals surface area contributed by atoms with Gasteiger partial charge in [-0.2, -0.15) is 0 Å². The zero-order valence-electron chi connectivity index (χ0n) is 18.5. The van der Waals surface area contributed by atoms with E-state index in [9.17, 15) is 14.4 Å². The van der Waals surface area contributed by atoms with Crippen molar-refractivity contribution in [3.8, 4) is 0 Å². The van der Waals surface area contributed by atoms with E-state index in [0.29, 0.717) is 11.1 Å². The zero-order chi connectivity index (χ0) is 23.7. The Labute approximate surface area is 195 Å². The standard InChI is InChI=1S/C28H22N2O4/c1-34-27(32)21-10-6-7-18(15-21)16-30-17-24(26(31)29-28(30)33)25-22-11-4-2-8-19(22)13-14-20-9-3-5-12-23(20)25/h2-15,17,25H,16H2,1H3,(H,29,31,33). The van der Waals surface area contributed by atoms with E-state index >= 15 is 0 Å². The fourth-order valence-corrected chi connectivity index (χ4v) is 4.49. The van der Waals surface area contributed by atoms with Gasteiger partial charge in [-0.3, -0.25) is 14.3 Å². The van der Waals surface area contributed by atoms with Gasteiger partial charge in [0.15, 0.2) is 0 Å². The minimum atomic E-state index is -0.509. The molecule has 0 unspecified atom stereocenters. The van der Waals surface area contributed by atoms with Crippen LogP contribution in [0.3, 0.4) is 0 Å². The van der Waals surface area contributed by atoms with Crippen molar-refractivity contribution in [2.24, 2.45) is 0 Å². The molecule has 0 atom stereocenters. The first-order valence-electron chi connectivity index (χ1n) is 10.9. The molecule has 1 aromatic heterocycles. The lowest BCUT2D eigenvalue weighted by atomic mass is 9.83. The third-order valence-corrected chi connectivity index (χ3v) is 6.11. The summed E-state index contributed by atoms with van der Waals surface area (Å²) in [6, 6.07) is 22.8. The fraction of sp³-hybridized carbons (Fsp3) is 0.107. The molecule has 0 saturated carbocycles. The van der Waals surface area contributed by atoms with Crippen molar-refractivity contribution in [2.45, 2.75) is 12.5 Å². The van der Waals surface area contributed by atoms with Crippen molar-refractivity contribution < 1.29 is 9.53 Å². The molecule has 1 N–H and O–H groups in total. The normalized spacial score (nSPS) is 12.5. The van der Waals surface area contributed by atoms with Crippen molar-refractivity contribution >= 4 is 18.1 Å². The van der Waals surface area contributed by atoms with Crippen LogP contribution in [-0.4, -0.2) is 22.6 Å². The number of aromatic nitrogens is 2. The van der Waals surface area contributed by atoms with Crippen LogP contribution in [0.2, 0.25) is 0 Å². The van der Waals surface area contributed by atoms with Gasteiger partial charge in [-0.05, 0) is 39.9 Å². The Morgan fingerprint density at radius 1 is 0.882 bits per heavy atom. The summed E-state index contributed by atoms with van der Waals surface area (Å²) < 4.78 is 6.27. The molecule has 0 saturated heterocycles. The van der Waals surface area contributed by atoms with Gasteiger partial charge in [-0.15, -0.1) is 0 Å². The van der Waals surface area contributed by atoms with Gasteiger partial charge in [-0.1, -0.05) is 72.8 Å². The van der Waals surface area contributed by atoms with Crippen LogP contribution in [0.5, 0.6) is 0 Å². The average molecular weight is 450 g/mol. The van der Waals surface area contributed by atoms with Crippen LogP contribution in [0.4, 0.5) is 0 Å². The smallest absolute Gasteiger partial charge is 0.337 e. The van der Waals surface area contributed by atoms with E-state index in [1.165, 1.54) is 11.7 Å². The second-order valence-electron chi connectivity index (χ2n) is 8.19. The van der Waals surface area contributed by atoms with Gasteiger partial charge in [0.25, 0.3) is 5.56 Å². The largest absolute Gasteiger partial charge is 0.465 e. The molecular formula is C28H22N2O4. The van der Waals surface area contributed by atoms with Gasteiger partial charge in [0.2, 0.25) is 0 Å². The third kappa shape index (κ3) is 3.90. The highest BCUT2D eigenvalue weighted by atomic mass is 16.5. The van der Waals surface area contributed by atoms with E-state index in [1.807, 2.05) is 54.6 Å². The van der Waals surface area contributed by atoms with Gasteiger partial charge in [0.05, 0.1) is 19.2 Å². The quantitative estimate of drug-likeness (QED) is 0.419. The molecule has 6 heteroatoms. The Morgan fingerprint density at radius 3 is 2.18 bits per heavy atom. The monoisotopic (exact) mass is 450 g/mol. The Kier molecular flexibility index (Phi) is 5.55. The second-order valence-corrected chi connectivity index (χ2v) is 8.19. The van der Waals surface area contributed by atoms with Crippen LogP contribution in [0.15, 0.2) is 88.6 Å². The summed E-state index contributed by atoms with van der Waals surface area (Å²) in [5.74, 6) is -0.796. The molecule has 0 bridgehead atoms. The molecule has 1 aliphatic carbocycles. The lowest BCUT2D eigenvalue weighted by Crippen LogP contribution is -2.33. The van der Waals surface area contributed by atoms with E-state index in [1.54, 1.807) is 24.4 Å². The van der Waals surface area contributed by atoms with Crippen LogP contribution in [0.25, 0.3) is 12.2 Å². The zero-order valence-corrected chi connectivity index (χ0v) is 18.5. The topological polar surface area (TPSA) is 81.2 Å². The number of carbonyl (C=O) groups excluding carboxylic acids is 1. The number of nitrogens with zero attached hydrogens (tertiary/aromatic N) is 1. The van der Waals surface area contributed by atoms with Crippen LogP contribution in [0.1, 0.15) is 49.7 Å². The predicted molar refractivity (Wildman–Crippen MR) is 131 cm³/mol. The molecule has 0 fully saturated rings. The summed E-state index contributed by atoms with van der Waals surface area (Å²) in [4.78, 5) is 40.2. The molecule has 5 rings (SSSR count). The number of hydrogen-bond acceptors (Lipinski definition) is 4. The summed E-state index contributed by atoms with van der Waals surface area (Å²) in [5.41, 5.74) is 4.72. The fourth-order valence-electron chi connectivity index (χ4n) is 4.49. The molecule has 3 aromatic carbocycles. The highest BCUT2D eigenvalue weighted by molar-refractivity contribution is 5.89. The predicted octanol–water partition coefficient (Wildman–Crippen LogP) is 4.04. The number of H-pyrrole nitrogens is 1. The summed E-state index contributed by atoms with van der Waals surface area (Å²) in [6.07, 6.45) is 5.74. The van der Waals surface area contributed by atoms with Gasteiger partial charge < -0.3 is 4.74 Å². The number of esters is 1. The molecule has 0 radical (unpaired) electrons.